The number of anilines is 1. The van der Waals surface area contributed by atoms with E-state index in [1.807, 2.05) is 4.90 Å². The highest BCUT2D eigenvalue weighted by Crippen LogP contribution is 2.24. The van der Waals surface area contributed by atoms with E-state index in [0.29, 0.717) is 63.1 Å². The van der Waals surface area contributed by atoms with Gasteiger partial charge in [0.1, 0.15) is 5.82 Å². The predicted octanol–water partition coefficient (Wildman–Crippen LogP) is 1.76. The van der Waals surface area contributed by atoms with E-state index in [1.165, 1.54) is 17.4 Å². The van der Waals surface area contributed by atoms with E-state index in [2.05, 4.69) is 10.3 Å². The SMILES string of the molecule is C[C@]1(C(=O)N2CCOCC2)CN(CC(=O)Nc2ncc(Cc3ccccc3F)s2)CCO1. The van der Waals surface area contributed by atoms with Crippen LogP contribution < -0.4 is 5.32 Å². The second kappa shape index (κ2) is 10.0. The molecule has 1 aromatic heterocycles. The fraction of sp³-hybridized carbons (Fsp3) is 0.500. The zero-order chi connectivity index (χ0) is 22.6. The smallest absolute Gasteiger partial charge is 0.256 e. The molecular formula is C22H27FN4O4S. The summed E-state index contributed by atoms with van der Waals surface area (Å²) in [5.41, 5.74) is -0.393. The summed E-state index contributed by atoms with van der Waals surface area (Å²) in [4.78, 5) is 34.3. The maximum absolute atomic E-state index is 13.9. The summed E-state index contributed by atoms with van der Waals surface area (Å²) in [6, 6.07) is 6.62. The maximum Gasteiger partial charge on any atom is 0.256 e. The molecule has 1 N–H and O–H groups in total. The Hall–Kier alpha value is -2.40. The van der Waals surface area contributed by atoms with Gasteiger partial charge in [-0.25, -0.2) is 9.37 Å². The van der Waals surface area contributed by atoms with Crippen LogP contribution in [0.1, 0.15) is 17.4 Å². The van der Waals surface area contributed by atoms with Crippen molar-refractivity contribution in [1.29, 1.82) is 0 Å². The summed E-state index contributed by atoms with van der Waals surface area (Å²) in [5, 5.41) is 3.28. The highest BCUT2D eigenvalue weighted by molar-refractivity contribution is 7.15. The summed E-state index contributed by atoms with van der Waals surface area (Å²) in [7, 11) is 0. The minimum Gasteiger partial charge on any atom is -0.378 e. The third-order valence-electron chi connectivity index (χ3n) is 5.59. The van der Waals surface area contributed by atoms with Gasteiger partial charge in [0.05, 0.1) is 26.4 Å². The Labute approximate surface area is 190 Å². The maximum atomic E-state index is 13.9. The third kappa shape index (κ3) is 5.50. The molecule has 4 rings (SSSR count). The molecule has 1 aromatic carbocycles. The first kappa shape index (κ1) is 22.8. The van der Waals surface area contributed by atoms with Crippen molar-refractivity contribution in [3.05, 3.63) is 46.7 Å². The van der Waals surface area contributed by atoms with Crippen LogP contribution in [0.4, 0.5) is 9.52 Å². The number of carbonyl (C=O) groups is 2. The van der Waals surface area contributed by atoms with Crippen molar-refractivity contribution in [2.24, 2.45) is 0 Å². The molecular weight excluding hydrogens is 435 g/mol. The molecule has 0 spiro atoms. The molecule has 1 atom stereocenters. The van der Waals surface area contributed by atoms with Crippen LogP contribution in [0, 0.1) is 5.82 Å². The number of carbonyl (C=O) groups excluding carboxylic acids is 2. The summed E-state index contributed by atoms with van der Waals surface area (Å²) in [5.74, 6) is -0.531. The van der Waals surface area contributed by atoms with Gasteiger partial charge in [-0.1, -0.05) is 18.2 Å². The van der Waals surface area contributed by atoms with Gasteiger partial charge in [0.2, 0.25) is 5.91 Å². The Kier molecular flexibility index (Phi) is 7.14. The van der Waals surface area contributed by atoms with Crippen LogP contribution in [-0.2, 0) is 25.5 Å². The molecule has 0 unspecified atom stereocenters. The first-order chi connectivity index (χ1) is 15.4. The van der Waals surface area contributed by atoms with E-state index < -0.39 is 5.60 Å². The fourth-order valence-corrected chi connectivity index (χ4v) is 4.81. The van der Waals surface area contributed by atoms with Crippen LogP contribution in [-0.4, -0.2) is 84.7 Å². The van der Waals surface area contributed by atoms with Crippen molar-refractivity contribution in [3.63, 3.8) is 0 Å². The van der Waals surface area contributed by atoms with E-state index in [1.54, 1.807) is 36.2 Å². The van der Waals surface area contributed by atoms with Crippen LogP contribution in [0.25, 0.3) is 0 Å². The molecule has 0 bridgehead atoms. The van der Waals surface area contributed by atoms with Gasteiger partial charge in [0.15, 0.2) is 10.7 Å². The average Bonchev–Trinajstić information content (AvgIpc) is 3.22. The molecule has 32 heavy (non-hydrogen) atoms. The number of nitrogens with zero attached hydrogens (tertiary/aromatic N) is 3. The Morgan fingerprint density at radius 1 is 1.22 bits per heavy atom. The van der Waals surface area contributed by atoms with Crippen LogP contribution in [0.2, 0.25) is 0 Å². The number of thiazole rings is 1. The molecule has 0 saturated carbocycles. The molecule has 3 heterocycles. The monoisotopic (exact) mass is 462 g/mol. The normalized spacial score (nSPS) is 22.0. The van der Waals surface area contributed by atoms with E-state index in [9.17, 15) is 14.0 Å². The largest absolute Gasteiger partial charge is 0.378 e. The van der Waals surface area contributed by atoms with Gasteiger partial charge in [-0.2, -0.15) is 0 Å². The Morgan fingerprint density at radius 2 is 2.00 bits per heavy atom. The number of halogens is 1. The van der Waals surface area contributed by atoms with Gasteiger partial charge >= 0.3 is 0 Å². The number of nitrogens with one attached hydrogen (secondary N) is 1. The van der Waals surface area contributed by atoms with Gasteiger partial charge in [-0.15, -0.1) is 11.3 Å². The molecule has 2 aliphatic heterocycles. The van der Waals surface area contributed by atoms with Crippen molar-refractivity contribution >= 4 is 28.3 Å². The van der Waals surface area contributed by atoms with Crippen LogP contribution in [0.3, 0.4) is 0 Å². The lowest BCUT2D eigenvalue weighted by Crippen LogP contribution is -2.61. The zero-order valence-corrected chi connectivity index (χ0v) is 18.8. The van der Waals surface area contributed by atoms with E-state index in [0.717, 1.165) is 4.88 Å². The predicted molar refractivity (Wildman–Crippen MR) is 118 cm³/mol. The number of ether oxygens (including phenoxy) is 2. The topological polar surface area (TPSA) is 84.0 Å². The van der Waals surface area contributed by atoms with E-state index in [4.69, 9.17) is 9.47 Å². The number of benzene rings is 1. The summed E-state index contributed by atoms with van der Waals surface area (Å²) >= 11 is 1.32. The number of hydrogen-bond acceptors (Lipinski definition) is 7. The Bertz CT molecular complexity index is 965. The summed E-state index contributed by atoms with van der Waals surface area (Å²) in [6.45, 7) is 5.37. The van der Waals surface area contributed by atoms with Gasteiger partial charge in [-0.3, -0.25) is 14.5 Å². The molecule has 2 aliphatic rings. The first-order valence-electron chi connectivity index (χ1n) is 10.6. The van der Waals surface area contributed by atoms with Crippen LogP contribution in [0.5, 0.6) is 0 Å². The van der Waals surface area contributed by atoms with E-state index >= 15 is 0 Å². The van der Waals surface area contributed by atoms with Gasteiger partial charge < -0.3 is 19.7 Å². The fourth-order valence-electron chi connectivity index (χ4n) is 3.96. The lowest BCUT2D eigenvalue weighted by atomic mass is 10.0. The average molecular weight is 463 g/mol. The molecule has 2 saturated heterocycles. The Balaban J connectivity index is 1.30. The second-order valence-electron chi connectivity index (χ2n) is 8.14. The van der Waals surface area contributed by atoms with Crippen LogP contribution in [0.15, 0.2) is 30.5 Å². The number of hydrogen-bond donors (Lipinski definition) is 1. The highest BCUT2D eigenvalue weighted by atomic mass is 32.1. The van der Waals surface area contributed by atoms with Gasteiger partial charge in [-0.05, 0) is 18.6 Å². The Morgan fingerprint density at radius 3 is 2.78 bits per heavy atom. The quantitative estimate of drug-likeness (QED) is 0.705. The number of morpholine rings is 2. The second-order valence-corrected chi connectivity index (χ2v) is 9.26. The standard InChI is InChI=1S/C22H27FN4O4S/c1-22(20(29)27-7-9-30-10-8-27)15-26(6-11-31-22)14-19(28)25-21-24-13-17(32-21)12-16-4-2-3-5-18(16)23/h2-5,13H,6-12,14-15H2,1H3,(H,24,25,28)/t22-/m1/s1. The molecule has 172 valence electrons. The molecule has 8 nitrogen and oxygen atoms in total. The number of amides is 2. The minimum absolute atomic E-state index is 0.0661. The first-order valence-corrected chi connectivity index (χ1v) is 11.5. The molecule has 10 heteroatoms. The third-order valence-corrected chi connectivity index (χ3v) is 6.51. The van der Waals surface area contributed by atoms with Crippen molar-refractivity contribution in [2.75, 3.05) is 57.9 Å². The highest BCUT2D eigenvalue weighted by Gasteiger charge is 2.42. The lowest BCUT2D eigenvalue weighted by molar-refractivity contribution is -0.171. The molecule has 2 amide bonds. The van der Waals surface area contributed by atoms with E-state index in [-0.39, 0.29) is 24.2 Å². The summed E-state index contributed by atoms with van der Waals surface area (Å²) < 4.78 is 25.0. The van der Waals surface area contributed by atoms with Gasteiger partial charge in [0, 0.05) is 43.7 Å². The number of rotatable bonds is 6. The zero-order valence-electron chi connectivity index (χ0n) is 18.0. The van der Waals surface area contributed by atoms with Crippen molar-refractivity contribution in [3.8, 4) is 0 Å². The van der Waals surface area contributed by atoms with Crippen LogP contribution >= 0.6 is 11.3 Å². The van der Waals surface area contributed by atoms with Crippen molar-refractivity contribution < 1.29 is 23.5 Å². The lowest BCUT2D eigenvalue weighted by Gasteiger charge is -2.42. The summed E-state index contributed by atoms with van der Waals surface area (Å²) in [6.07, 6.45) is 2.07. The van der Waals surface area contributed by atoms with Crippen molar-refractivity contribution in [2.45, 2.75) is 18.9 Å². The minimum atomic E-state index is -0.982. The molecule has 0 aliphatic carbocycles. The molecule has 0 radical (unpaired) electrons. The molecule has 2 aromatic rings. The van der Waals surface area contributed by atoms with Gasteiger partial charge in [0.25, 0.3) is 5.91 Å². The number of aromatic nitrogens is 1. The van der Waals surface area contributed by atoms with Crippen molar-refractivity contribution in [1.82, 2.24) is 14.8 Å². The molecule has 2 fully saturated rings.